The Bertz CT molecular complexity index is 440. The van der Waals surface area contributed by atoms with Crippen LogP contribution in [0.3, 0.4) is 0 Å². The monoisotopic (exact) mass is 250 g/mol. The fraction of sp³-hybridized carbons (Fsp3) is 0.333. The third kappa shape index (κ3) is 4.06. The first-order chi connectivity index (χ1) is 8.34. The first kappa shape index (κ1) is 14.0. The molecule has 18 heavy (non-hydrogen) atoms. The van der Waals surface area contributed by atoms with Gasteiger partial charge in [-0.2, -0.15) is 0 Å². The van der Waals surface area contributed by atoms with Crippen molar-refractivity contribution in [1.82, 2.24) is 5.32 Å². The summed E-state index contributed by atoms with van der Waals surface area (Å²) in [5, 5.41) is 2.75. The summed E-state index contributed by atoms with van der Waals surface area (Å²) in [7, 11) is 0. The number of nitrogens with two attached hydrogens (primary N) is 2. The third-order valence-electron chi connectivity index (χ3n) is 2.38. The van der Waals surface area contributed by atoms with Crippen molar-refractivity contribution in [2.24, 2.45) is 11.6 Å². The quantitative estimate of drug-likeness (QED) is 0.446. The van der Waals surface area contributed by atoms with Gasteiger partial charge in [0.1, 0.15) is 0 Å². The number of anilines is 1. The number of carbonyl (C=O) groups excluding carboxylic acids is 2. The summed E-state index contributed by atoms with van der Waals surface area (Å²) in [6.07, 6.45) is 0.0845. The van der Waals surface area contributed by atoms with Crippen LogP contribution in [0.25, 0.3) is 0 Å². The summed E-state index contributed by atoms with van der Waals surface area (Å²) < 4.78 is 0. The first-order valence-corrected chi connectivity index (χ1v) is 5.51. The maximum Gasteiger partial charge on any atom is 0.251 e. The highest BCUT2D eigenvalue weighted by molar-refractivity contribution is 5.95. The molecule has 0 saturated carbocycles. The molecule has 0 atom stereocenters. The van der Waals surface area contributed by atoms with E-state index in [1.165, 1.54) is 0 Å². The van der Waals surface area contributed by atoms with Crippen LogP contribution < -0.4 is 22.3 Å². The molecule has 0 saturated heterocycles. The van der Waals surface area contributed by atoms with Gasteiger partial charge in [-0.05, 0) is 38.1 Å². The molecule has 0 aromatic heterocycles. The summed E-state index contributed by atoms with van der Waals surface area (Å²) in [6, 6.07) is 6.67. The number of nitrogens with one attached hydrogen (secondary N) is 2. The molecule has 0 heterocycles. The van der Waals surface area contributed by atoms with Gasteiger partial charge in [-0.25, -0.2) is 0 Å². The smallest absolute Gasteiger partial charge is 0.251 e. The van der Waals surface area contributed by atoms with Gasteiger partial charge in [0.15, 0.2) is 0 Å². The normalized spacial score (nSPS) is 10.8. The molecular weight excluding hydrogens is 232 g/mol. The fourth-order valence-corrected chi connectivity index (χ4v) is 1.58. The van der Waals surface area contributed by atoms with E-state index in [0.29, 0.717) is 11.3 Å². The van der Waals surface area contributed by atoms with E-state index >= 15 is 0 Å². The van der Waals surface area contributed by atoms with Gasteiger partial charge < -0.3 is 16.5 Å². The molecule has 2 amide bonds. The molecule has 1 aromatic carbocycles. The van der Waals surface area contributed by atoms with E-state index in [4.69, 9.17) is 11.6 Å². The summed E-state index contributed by atoms with van der Waals surface area (Å²) in [5.74, 6) is 4.52. The number of carbonyl (C=O) groups is 2. The molecule has 0 unspecified atom stereocenters. The zero-order valence-corrected chi connectivity index (χ0v) is 10.5. The van der Waals surface area contributed by atoms with Crippen LogP contribution in [-0.2, 0) is 4.79 Å². The van der Waals surface area contributed by atoms with Crippen LogP contribution in [0.2, 0.25) is 0 Å². The molecule has 0 fully saturated rings. The molecule has 6 N–H and O–H groups in total. The van der Waals surface area contributed by atoms with Gasteiger partial charge in [-0.15, -0.1) is 0 Å². The fourth-order valence-electron chi connectivity index (χ4n) is 1.58. The molecule has 0 aliphatic carbocycles. The molecule has 0 bridgehead atoms. The van der Waals surface area contributed by atoms with Crippen LogP contribution in [0.1, 0.15) is 30.6 Å². The van der Waals surface area contributed by atoms with Gasteiger partial charge in [-0.3, -0.25) is 15.4 Å². The van der Waals surface area contributed by atoms with Crippen LogP contribution in [-0.4, -0.2) is 17.4 Å². The van der Waals surface area contributed by atoms with Crippen LogP contribution in [0.5, 0.6) is 0 Å². The average Bonchev–Trinajstić information content (AvgIpc) is 2.26. The molecule has 6 heteroatoms. The van der Waals surface area contributed by atoms with E-state index in [-0.39, 0.29) is 12.3 Å². The van der Waals surface area contributed by atoms with Crippen molar-refractivity contribution >= 4 is 17.5 Å². The van der Waals surface area contributed by atoms with E-state index in [9.17, 15) is 9.59 Å². The Kier molecular flexibility index (Phi) is 4.28. The van der Waals surface area contributed by atoms with E-state index in [2.05, 4.69) is 10.7 Å². The predicted octanol–water partition coefficient (Wildman–Crippen LogP) is 0.356. The number of rotatable bonds is 5. The van der Waals surface area contributed by atoms with E-state index in [0.717, 1.165) is 0 Å². The minimum absolute atomic E-state index is 0.0845. The van der Waals surface area contributed by atoms with Gasteiger partial charge in [0, 0.05) is 23.2 Å². The largest absolute Gasteiger partial charge is 0.370 e. The second-order valence-electron chi connectivity index (χ2n) is 4.70. The van der Waals surface area contributed by atoms with Crippen LogP contribution in [0.4, 0.5) is 5.69 Å². The van der Waals surface area contributed by atoms with Crippen LogP contribution >= 0.6 is 0 Å². The molecule has 98 valence electrons. The lowest BCUT2D eigenvalue weighted by atomic mass is 9.99. The average molecular weight is 250 g/mol. The van der Waals surface area contributed by atoms with E-state index in [1.807, 2.05) is 0 Å². The maximum absolute atomic E-state index is 11.9. The van der Waals surface area contributed by atoms with Gasteiger partial charge >= 0.3 is 0 Å². The summed E-state index contributed by atoms with van der Waals surface area (Å²) >= 11 is 0. The summed E-state index contributed by atoms with van der Waals surface area (Å²) in [6.45, 7) is 3.48. The van der Waals surface area contributed by atoms with E-state index < -0.39 is 11.4 Å². The van der Waals surface area contributed by atoms with Crippen LogP contribution in [0.15, 0.2) is 24.3 Å². The highest BCUT2D eigenvalue weighted by atomic mass is 16.2. The summed E-state index contributed by atoms with van der Waals surface area (Å²) in [4.78, 5) is 22.8. The number of nitrogen functional groups attached to an aromatic ring is 1. The molecule has 1 aromatic rings. The number of hydrogen-bond acceptors (Lipinski definition) is 4. The standard InChI is InChI=1S/C12H18N4O2/c1-12(2,7-10(13)17)15-11(18)8-3-5-9(16-14)6-4-8/h3-6,16H,7,14H2,1-2H3,(H2,13,17)(H,15,18). The Morgan fingerprint density at radius 3 is 2.22 bits per heavy atom. The lowest BCUT2D eigenvalue weighted by Crippen LogP contribution is -2.46. The van der Waals surface area contributed by atoms with Crippen molar-refractivity contribution < 1.29 is 9.59 Å². The number of amides is 2. The predicted molar refractivity (Wildman–Crippen MR) is 69.6 cm³/mol. The Hall–Kier alpha value is -2.08. The number of primary amides is 1. The number of hydrazine groups is 1. The molecule has 0 spiro atoms. The van der Waals surface area contributed by atoms with Crippen molar-refractivity contribution in [2.45, 2.75) is 25.8 Å². The minimum atomic E-state index is -0.673. The molecule has 0 aliphatic heterocycles. The number of benzene rings is 1. The third-order valence-corrected chi connectivity index (χ3v) is 2.38. The molecule has 0 aliphatic rings. The van der Waals surface area contributed by atoms with Gasteiger partial charge in [0.2, 0.25) is 5.91 Å². The van der Waals surface area contributed by atoms with Gasteiger partial charge in [0.25, 0.3) is 5.91 Å². The lowest BCUT2D eigenvalue weighted by Gasteiger charge is -2.24. The first-order valence-electron chi connectivity index (χ1n) is 5.51. The highest BCUT2D eigenvalue weighted by Gasteiger charge is 2.23. The lowest BCUT2D eigenvalue weighted by molar-refractivity contribution is -0.119. The van der Waals surface area contributed by atoms with Crippen molar-refractivity contribution in [2.75, 3.05) is 5.43 Å². The Balaban J connectivity index is 2.72. The van der Waals surface area contributed by atoms with Crippen molar-refractivity contribution in [1.29, 1.82) is 0 Å². The van der Waals surface area contributed by atoms with Crippen molar-refractivity contribution in [3.63, 3.8) is 0 Å². The molecule has 6 nitrogen and oxygen atoms in total. The Labute approximate surface area is 106 Å². The van der Waals surface area contributed by atoms with Crippen molar-refractivity contribution in [3.8, 4) is 0 Å². The topological polar surface area (TPSA) is 110 Å². The molecule has 0 radical (unpaired) electrons. The van der Waals surface area contributed by atoms with Gasteiger partial charge in [0.05, 0.1) is 0 Å². The second-order valence-corrected chi connectivity index (χ2v) is 4.70. The SMILES string of the molecule is CC(C)(CC(N)=O)NC(=O)c1ccc(NN)cc1. The maximum atomic E-state index is 11.9. The highest BCUT2D eigenvalue weighted by Crippen LogP contribution is 2.12. The summed E-state index contributed by atoms with van der Waals surface area (Å²) in [5.41, 5.74) is 8.12. The van der Waals surface area contributed by atoms with E-state index in [1.54, 1.807) is 38.1 Å². The van der Waals surface area contributed by atoms with Crippen molar-refractivity contribution in [3.05, 3.63) is 29.8 Å². The minimum Gasteiger partial charge on any atom is -0.370 e. The van der Waals surface area contributed by atoms with Gasteiger partial charge in [-0.1, -0.05) is 0 Å². The molecular formula is C12H18N4O2. The second kappa shape index (κ2) is 5.50. The Morgan fingerprint density at radius 2 is 1.78 bits per heavy atom. The number of hydrogen-bond donors (Lipinski definition) is 4. The molecule has 1 rings (SSSR count). The zero-order valence-electron chi connectivity index (χ0n) is 10.5. The Morgan fingerprint density at radius 1 is 1.22 bits per heavy atom. The zero-order chi connectivity index (χ0) is 13.8. The van der Waals surface area contributed by atoms with Crippen LogP contribution in [0, 0.1) is 0 Å².